The van der Waals surface area contributed by atoms with E-state index in [0.29, 0.717) is 18.0 Å². The van der Waals surface area contributed by atoms with Crippen LogP contribution in [0, 0.1) is 17.8 Å². The summed E-state index contributed by atoms with van der Waals surface area (Å²) < 4.78 is 60.6. The maximum Gasteiger partial charge on any atom is 0.388 e. The summed E-state index contributed by atoms with van der Waals surface area (Å²) in [5.74, 6) is -0.281. The number of nitrogens with zero attached hydrogens (tertiary/aromatic N) is 2. The van der Waals surface area contributed by atoms with Gasteiger partial charge >= 0.3 is 6.61 Å². The second-order valence-corrected chi connectivity index (χ2v) is 10.7. The molecule has 4 heterocycles. The number of sulfone groups is 1. The third-order valence-electron chi connectivity index (χ3n) is 6.74. The van der Waals surface area contributed by atoms with Crippen molar-refractivity contribution in [2.45, 2.75) is 42.7 Å². The molecule has 1 atom stereocenters. The number of hydrogen-bond donors (Lipinski definition) is 1. The molecule has 0 bridgehead atoms. The van der Waals surface area contributed by atoms with E-state index in [1.807, 2.05) is 0 Å². The molecule has 154 valence electrons. The number of ether oxygens (including phenoxy) is 2. The second kappa shape index (κ2) is 6.07. The van der Waals surface area contributed by atoms with Crippen molar-refractivity contribution >= 4 is 9.84 Å². The van der Waals surface area contributed by atoms with Crippen LogP contribution < -0.4 is 10.1 Å². The van der Waals surface area contributed by atoms with E-state index < -0.39 is 21.8 Å². The molecule has 1 aromatic heterocycles. The second-order valence-electron chi connectivity index (χ2n) is 8.74. The minimum absolute atomic E-state index is 0.0679. The van der Waals surface area contributed by atoms with E-state index in [9.17, 15) is 17.2 Å². The Morgan fingerprint density at radius 1 is 1.32 bits per heavy atom. The molecule has 10 heteroatoms. The van der Waals surface area contributed by atoms with Gasteiger partial charge in [-0.2, -0.15) is 8.78 Å². The van der Waals surface area contributed by atoms with Crippen molar-refractivity contribution < 1.29 is 26.7 Å². The molecule has 0 aromatic carbocycles. The molecule has 1 unspecified atom stereocenters. The van der Waals surface area contributed by atoms with E-state index in [2.05, 4.69) is 19.9 Å². The topological polar surface area (TPSA) is 80.8 Å². The Kier molecular flexibility index (Phi) is 4.04. The van der Waals surface area contributed by atoms with E-state index in [1.54, 1.807) is 0 Å². The fraction of sp³-hybridized carbons (Fsp3) is 0.722. The first-order valence-corrected chi connectivity index (χ1v) is 11.0. The molecular formula is C18H23F2N3O4S. The largest absolute Gasteiger partial charge is 0.417 e. The smallest absolute Gasteiger partial charge is 0.388 e. The van der Waals surface area contributed by atoms with Crippen LogP contribution in [-0.2, 0) is 14.6 Å². The summed E-state index contributed by atoms with van der Waals surface area (Å²) in [4.78, 5) is 6.33. The number of nitrogens with one attached hydrogen (secondary N) is 1. The third-order valence-corrected chi connectivity index (χ3v) is 9.07. The van der Waals surface area contributed by atoms with Gasteiger partial charge in [0.15, 0.2) is 9.84 Å². The Balaban J connectivity index is 1.27. The summed E-state index contributed by atoms with van der Waals surface area (Å²) in [6, 6.07) is 3.03. The molecule has 1 aromatic rings. The maximum atomic E-state index is 13.2. The normalized spacial score (nSPS) is 28.5. The van der Waals surface area contributed by atoms with Crippen LogP contribution in [0.5, 0.6) is 5.88 Å². The Hall–Kier alpha value is -1.36. The monoisotopic (exact) mass is 415 g/mol. The van der Waals surface area contributed by atoms with Crippen LogP contribution in [0.2, 0.25) is 0 Å². The van der Waals surface area contributed by atoms with Crippen molar-refractivity contribution in [1.82, 2.24) is 15.2 Å². The summed E-state index contributed by atoms with van der Waals surface area (Å²) in [7, 11) is -3.66. The number of aromatic nitrogens is 1. The lowest BCUT2D eigenvalue weighted by Gasteiger charge is -2.66. The van der Waals surface area contributed by atoms with Crippen LogP contribution in [0.3, 0.4) is 0 Å². The Morgan fingerprint density at radius 2 is 2.04 bits per heavy atom. The van der Waals surface area contributed by atoms with Crippen LogP contribution >= 0.6 is 0 Å². The van der Waals surface area contributed by atoms with Crippen molar-refractivity contribution in [2.75, 3.05) is 32.8 Å². The molecule has 28 heavy (non-hydrogen) atoms. The fourth-order valence-corrected chi connectivity index (χ4v) is 7.31. The van der Waals surface area contributed by atoms with Crippen LogP contribution in [0.4, 0.5) is 8.78 Å². The highest BCUT2D eigenvalue weighted by Gasteiger charge is 2.63. The molecule has 3 aliphatic heterocycles. The number of alkyl halides is 2. The number of halogens is 2. The first-order valence-electron chi connectivity index (χ1n) is 9.45. The number of aryl methyl sites for hydroxylation is 1. The van der Waals surface area contributed by atoms with Gasteiger partial charge in [0.2, 0.25) is 5.88 Å². The summed E-state index contributed by atoms with van der Waals surface area (Å²) in [6.45, 7) is 2.43. The third kappa shape index (κ3) is 2.68. The Labute approximate surface area is 162 Å². The zero-order chi connectivity index (χ0) is 19.7. The molecule has 4 fully saturated rings. The van der Waals surface area contributed by atoms with Gasteiger partial charge in [0.1, 0.15) is 5.37 Å². The molecule has 3 saturated heterocycles. The molecule has 4 aliphatic rings. The molecule has 0 radical (unpaired) electrons. The highest BCUT2D eigenvalue weighted by atomic mass is 32.2. The Bertz CT molecular complexity index is 892. The highest BCUT2D eigenvalue weighted by Crippen LogP contribution is 2.53. The van der Waals surface area contributed by atoms with Crippen molar-refractivity contribution in [3.63, 3.8) is 0 Å². The lowest BCUT2D eigenvalue weighted by Crippen LogP contribution is -2.80. The van der Waals surface area contributed by atoms with E-state index in [-0.39, 0.29) is 21.9 Å². The van der Waals surface area contributed by atoms with E-state index in [1.165, 1.54) is 19.1 Å². The van der Waals surface area contributed by atoms with Crippen LogP contribution in [0.15, 0.2) is 17.0 Å². The van der Waals surface area contributed by atoms with Gasteiger partial charge < -0.3 is 9.47 Å². The van der Waals surface area contributed by atoms with Gasteiger partial charge in [0, 0.05) is 42.6 Å². The van der Waals surface area contributed by atoms with Crippen LogP contribution in [-0.4, -0.2) is 69.2 Å². The zero-order valence-corrected chi connectivity index (χ0v) is 16.3. The summed E-state index contributed by atoms with van der Waals surface area (Å²) >= 11 is 0. The van der Waals surface area contributed by atoms with Gasteiger partial charge in [-0.25, -0.2) is 13.4 Å². The van der Waals surface area contributed by atoms with Crippen molar-refractivity contribution in [3.05, 3.63) is 17.8 Å². The summed E-state index contributed by atoms with van der Waals surface area (Å²) in [6.07, 6.45) is 2.28. The lowest BCUT2D eigenvalue weighted by molar-refractivity contribution is -0.208. The van der Waals surface area contributed by atoms with Crippen LogP contribution in [0.1, 0.15) is 18.5 Å². The minimum Gasteiger partial charge on any atom is -0.417 e. The lowest BCUT2D eigenvalue weighted by atomic mass is 9.61. The zero-order valence-electron chi connectivity index (χ0n) is 15.5. The number of hydrogen-bond acceptors (Lipinski definition) is 7. The standard InChI is InChI=1S/C18H23F2N3O4S/c1-11-13(2-3-14(22-11)27-16(19)20)28(24,25)15-18(6-21-15)7-23(8-18)12-4-17(5-12)9-26-10-17/h2-3,12,15-16,21H,4-10H2,1H3. The minimum atomic E-state index is -3.66. The van der Waals surface area contributed by atoms with Crippen molar-refractivity contribution in [3.8, 4) is 5.88 Å². The number of rotatable bonds is 5. The molecule has 1 N–H and O–H groups in total. The number of likely N-dealkylation sites (tertiary alicyclic amines) is 1. The van der Waals surface area contributed by atoms with Gasteiger partial charge in [-0.1, -0.05) is 0 Å². The average molecular weight is 415 g/mol. The first kappa shape index (κ1) is 18.7. The SMILES string of the molecule is Cc1nc(OC(F)F)ccc1S(=O)(=O)C1NCC12CN(C1CC3(COC3)C1)C2. The van der Waals surface area contributed by atoms with Crippen molar-refractivity contribution in [2.24, 2.45) is 10.8 Å². The highest BCUT2D eigenvalue weighted by molar-refractivity contribution is 7.92. The quantitative estimate of drug-likeness (QED) is 0.773. The summed E-state index contributed by atoms with van der Waals surface area (Å²) in [5.41, 5.74) is 0.285. The molecule has 1 saturated carbocycles. The van der Waals surface area contributed by atoms with Gasteiger partial charge in [0.25, 0.3) is 0 Å². The molecule has 1 aliphatic carbocycles. The molecule has 0 amide bonds. The molecular weight excluding hydrogens is 392 g/mol. The fourth-order valence-electron chi connectivity index (χ4n) is 5.15. The molecule has 5 rings (SSSR count). The van der Waals surface area contributed by atoms with E-state index in [0.717, 1.165) is 39.1 Å². The van der Waals surface area contributed by atoms with Crippen LogP contribution in [0.25, 0.3) is 0 Å². The molecule has 7 nitrogen and oxygen atoms in total. The predicted octanol–water partition coefficient (Wildman–Crippen LogP) is 1.18. The van der Waals surface area contributed by atoms with Gasteiger partial charge in [-0.15, -0.1) is 0 Å². The van der Waals surface area contributed by atoms with Gasteiger partial charge in [0.05, 0.1) is 23.8 Å². The van der Waals surface area contributed by atoms with Crippen molar-refractivity contribution in [1.29, 1.82) is 0 Å². The molecule has 2 spiro atoms. The predicted molar refractivity (Wildman–Crippen MR) is 94.9 cm³/mol. The maximum absolute atomic E-state index is 13.2. The number of pyridine rings is 1. The van der Waals surface area contributed by atoms with E-state index >= 15 is 0 Å². The van der Waals surface area contributed by atoms with Gasteiger partial charge in [-0.3, -0.25) is 10.2 Å². The van der Waals surface area contributed by atoms with E-state index in [4.69, 9.17) is 4.74 Å². The Morgan fingerprint density at radius 3 is 2.54 bits per heavy atom. The first-order chi connectivity index (χ1) is 13.2. The average Bonchev–Trinajstić information content (AvgIpc) is 2.43. The van der Waals surface area contributed by atoms with Gasteiger partial charge in [-0.05, 0) is 25.8 Å². The summed E-state index contributed by atoms with van der Waals surface area (Å²) in [5, 5.41) is 2.40.